The van der Waals surface area contributed by atoms with Gasteiger partial charge in [-0.2, -0.15) is 0 Å². The van der Waals surface area contributed by atoms with E-state index in [1.54, 1.807) is 18.5 Å². The standard InChI is InChI=1S/C22H22Cl2N2O2/c1-2-27-22-12-17(14-26-13-16-7-9-25-10-8-16)4-6-21(22)28-15-18-3-5-19(23)20(24)11-18/h3-12,26H,2,13-15H2,1H3. The third kappa shape index (κ3) is 5.86. The van der Waals surface area contributed by atoms with E-state index in [4.69, 9.17) is 32.7 Å². The second-order valence-electron chi connectivity index (χ2n) is 6.21. The van der Waals surface area contributed by atoms with Gasteiger partial charge in [0.05, 0.1) is 16.7 Å². The molecule has 4 nitrogen and oxygen atoms in total. The van der Waals surface area contributed by atoms with E-state index in [0.29, 0.717) is 29.0 Å². The van der Waals surface area contributed by atoms with Crippen molar-refractivity contribution in [3.05, 3.63) is 87.7 Å². The monoisotopic (exact) mass is 416 g/mol. The number of ether oxygens (including phenoxy) is 2. The summed E-state index contributed by atoms with van der Waals surface area (Å²) < 4.78 is 11.7. The van der Waals surface area contributed by atoms with Crippen molar-refractivity contribution >= 4 is 23.2 Å². The highest BCUT2D eigenvalue weighted by molar-refractivity contribution is 6.42. The molecular formula is C22H22Cl2N2O2. The van der Waals surface area contributed by atoms with Crippen LogP contribution in [0.1, 0.15) is 23.6 Å². The largest absolute Gasteiger partial charge is 0.490 e. The molecule has 1 aromatic heterocycles. The Labute approximate surface area is 175 Å². The fourth-order valence-corrected chi connectivity index (χ4v) is 3.01. The molecule has 0 bridgehead atoms. The van der Waals surface area contributed by atoms with E-state index in [1.807, 2.05) is 49.4 Å². The quantitative estimate of drug-likeness (QED) is 0.488. The van der Waals surface area contributed by atoms with E-state index in [1.165, 1.54) is 5.56 Å². The van der Waals surface area contributed by atoms with Gasteiger partial charge >= 0.3 is 0 Å². The van der Waals surface area contributed by atoms with Crippen LogP contribution in [-0.2, 0) is 19.7 Å². The molecule has 0 atom stereocenters. The molecule has 146 valence electrons. The summed E-state index contributed by atoms with van der Waals surface area (Å²) in [4.78, 5) is 4.03. The van der Waals surface area contributed by atoms with Crippen molar-refractivity contribution in [2.24, 2.45) is 0 Å². The molecule has 6 heteroatoms. The highest BCUT2D eigenvalue weighted by Crippen LogP contribution is 2.30. The maximum Gasteiger partial charge on any atom is 0.161 e. The van der Waals surface area contributed by atoms with Gasteiger partial charge in [0.1, 0.15) is 6.61 Å². The lowest BCUT2D eigenvalue weighted by atomic mass is 10.2. The molecule has 0 aliphatic rings. The first-order valence-corrected chi connectivity index (χ1v) is 9.83. The zero-order chi connectivity index (χ0) is 19.8. The average molecular weight is 417 g/mol. The van der Waals surface area contributed by atoms with E-state index >= 15 is 0 Å². The predicted octanol–water partition coefficient (Wildman–Crippen LogP) is 5.66. The number of pyridine rings is 1. The van der Waals surface area contributed by atoms with Crippen molar-refractivity contribution in [3.8, 4) is 11.5 Å². The maximum absolute atomic E-state index is 6.07. The summed E-state index contributed by atoms with van der Waals surface area (Å²) in [7, 11) is 0. The Morgan fingerprint density at radius 2 is 1.54 bits per heavy atom. The molecule has 1 heterocycles. The lowest BCUT2D eigenvalue weighted by Crippen LogP contribution is -2.13. The molecule has 0 saturated carbocycles. The predicted molar refractivity (Wildman–Crippen MR) is 113 cm³/mol. The van der Waals surface area contributed by atoms with Crippen LogP contribution in [0.25, 0.3) is 0 Å². The Kier molecular flexibility index (Phi) is 7.54. The lowest BCUT2D eigenvalue weighted by molar-refractivity contribution is 0.269. The van der Waals surface area contributed by atoms with Crippen molar-refractivity contribution in [1.29, 1.82) is 0 Å². The number of hydrogen-bond donors (Lipinski definition) is 1. The van der Waals surface area contributed by atoms with Gasteiger partial charge in [-0.15, -0.1) is 0 Å². The molecule has 0 radical (unpaired) electrons. The molecule has 0 saturated heterocycles. The van der Waals surface area contributed by atoms with Gasteiger partial charge < -0.3 is 14.8 Å². The molecule has 0 aliphatic heterocycles. The summed E-state index contributed by atoms with van der Waals surface area (Å²) in [6.07, 6.45) is 3.59. The Balaban J connectivity index is 1.62. The van der Waals surface area contributed by atoms with Crippen LogP contribution in [0.15, 0.2) is 60.9 Å². The first-order chi connectivity index (χ1) is 13.7. The Bertz CT molecular complexity index is 904. The fraction of sp³-hybridized carbons (Fsp3) is 0.227. The number of nitrogens with one attached hydrogen (secondary N) is 1. The molecule has 1 N–H and O–H groups in total. The van der Waals surface area contributed by atoms with Crippen molar-refractivity contribution < 1.29 is 9.47 Å². The summed E-state index contributed by atoms with van der Waals surface area (Å²) in [6.45, 7) is 4.42. The number of halogens is 2. The second kappa shape index (κ2) is 10.3. The van der Waals surface area contributed by atoms with Gasteiger partial charge in [0, 0.05) is 25.5 Å². The molecule has 0 amide bonds. The van der Waals surface area contributed by atoms with E-state index in [2.05, 4.69) is 10.3 Å². The van der Waals surface area contributed by atoms with E-state index < -0.39 is 0 Å². The number of hydrogen-bond acceptors (Lipinski definition) is 4. The summed E-state index contributed by atoms with van der Waals surface area (Å²) in [5.74, 6) is 1.43. The van der Waals surface area contributed by atoms with Gasteiger partial charge in [0.25, 0.3) is 0 Å². The van der Waals surface area contributed by atoms with Crippen LogP contribution in [0, 0.1) is 0 Å². The fourth-order valence-electron chi connectivity index (χ4n) is 2.69. The average Bonchev–Trinajstić information content (AvgIpc) is 2.71. The molecule has 3 aromatic rings. The molecule has 0 spiro atoms. The summed E-state index contributed by atoms with van der Waals surface area (Å²) in [5.41, 5.74) is 3.26. The van der Waals surface area contributed by atoms with Gasteiger partial charge in [0.15, 0.2) is 11.5 Å². The molecule has 2 aromatic carbocycles. The first-order valence-electron chi connectivity index (χ1n) is 9.07. The van der Waals surface area contributed by atoms with Gasteiger partial charge in [-0.3, -0.25) is 4.98 Å². The van der Waals surface area contributed by atoms with E-state index in [-0.39, 0.29) is 0 Å². The molecule has 0 fully saturated rings. The first kappa shape index (κ1) is 20.5. The lowest BCUT2D eigenvalue weighted by Gasteiger charge is -2.14. The van der Waals surface area contributed by atoms with Crippen molar-refractivity contribution in [3.63, 3.8) is 0 Å². The second-order valence-corrected chi connectivity index (χ2v) is 7.02. The third-order valence-electron chi connectivity index (χ3n) is 4.09. The molecule has 0 unspecified atom stereocenters. The van der Waals surface area contributed by atoms with Crippen LogP contribution < -0.4 is 14.8 Å². The highest BCUT2D eigenvalue weighted by atomic mass is 35.5. The highest BCUT2D eigenvalue weighted by Gasteiger charge is 2.08. The van der Waals surface area contributed by atoms with Crippen LogP contribution in [0.2, 0.25) is 10.0 Å². The van der Waals surface area contributed by atoms with Crippen LogP contribution >= 0.6 is 23.2 Å². The zero-order valence-electron chi connectivity index (χ0n) is 15.6. The molecule has 3 rings (SSSR count). The number of benzene rings is 2. The van der Waals surface area contributed by atoms with Gasteiger partial charge in [-0.25, -0.2) is 0 Å². The number of nitrogens with zero attached hydrogens (tertiary/aromatic N) is 1. The van der Waals surface area contributed by atoms with Crippen LogP contribution in [0.5, 0.6) is 11.5 Å². The number of rotatable bonds is 9. The topological polar surface area (TPSA) is 43.4 Å². The van der Waals surface area contributed by atoms with Crippen molar-refractivity contribution in [2.45, 2.75) is 26.6 Å². The van der Waals surface area contributed by atoms with Gasteiger partial charge in [0.2, 0.25) is 0 Å². The van der Waals surface area contributed by atoms with Gasteiger partial charge in [-0.05, 0) is 60.0 Å². The Morgan fingerprint density at radius 3 is 2.29 bits per heavy atom. The van der Waals surface area contributed by atoms with Crippen LogP contribution in [0.3, 0.4) is 0 Å². The molecule has 0 aliphatic carbocycles. The van der Waals surface area contributed by atoms with Gasteiger partial charge in [-0.1, -0.05) is 35.3 Å². The minimum absolute atomic E-state index is 0.386. The molecule has 28 heavy (non-hydrogen) atoms. The summed E-state index contributed by atoms with van der Waals surface area (Å²) >= 11 is 12.0. The number of aromatic nitrogens is 1. The zero-order valence-corrected chi connectivity index (χ0v) is 17.1. The normalized spacial score (nSPS) is 10.7. The van der Waals surface area contributed by atoms with E-state index in [9.17, 15) is 0 Å². The maximum atomic E-state index is 6.07. The van der Waals surface area contributed by atoms with Crippen LogP contribution in [0.4, 0.5) is 0 Å². The minimum Gasteiger partial charge on any atom is -0.490 e. The van der Waals surface area contributed by atoms with Crippen LogP contribution in [-0.4, -0.2) is 11.6 Å². The smallest absolute Gasteiger partial charge is 0.161 e. The summed E-state index contributed by atoms with van der Waals surface area (Å²) in [5, 5.41) is 4.47. The SMILES string of the molecule is CCOc1cc(CNCc2ccncc2)ccc1OCc1ccc(Cl)c(Cl)c1. The minimum atomic E-state index is 0.386. The summed E-state index contributed by atoms with van der Waals surface area (Å²) in [6, 6.07) is 15.4. The van der Waals surface area contributed by atoms with Crippen molar-refractivity contribution in [1.82, 2.24) is 10.3 Å². The van der Waals surface area contributed by atoms with E-state index in [0.717, 1.165) is 30.0 Å². The Hall–Kier alpha value is -2.27. The Morgan fingerprint density at radius 1 is 0.786 bits per heavy atom. The third-order valence-corrected chi connectivity index (χ3v) is 4.83. The van der Waals surface area contributed by atoms with Crippen molar-refractivity contribution in [2.75, 3.05) is 6.61 Å². The molecular weight excluding hydrogens is 395 g/mol.